The summed E-state index contributed by atoms with van der Waals surface area (Å²) in [6.07, 6.45) is 1.53. The van der Waals surface area contributed by atoms with Gasteiger partial charge in [-0.25, -0.2) is 0 Å². The van der Waals surface area contributed by atoms with Crippen LogP contribution in [0.2, 0.25) is 0 Å². The Bertz CT molecular complexity index is 363. The molecular formula is C9H14N4O2. The van der Waals surface area contributed by atoms with Gasteiger partial charge in [0.2, 0.25) is 5.78 Å². The van der Waals surface area contributed by atoms with Crippen LogP contribution < -0.4 is 5.32 Å². The number of rotatable bonds is 3. The number of carbonyl (C=O) groups excluding carboxylic acids is 1. The summed E-state index contributed by atoms with van der Waals surface area (Å²) < 4.78 is 6.91. The van der Waals surface area contributed by atoms with Gasteiger partial charge in [-0.05, 0) is 7.05 Å². The Morgan fingerprint density at radius 1 is 1.67 bits per heavy atom. The first-order chi connectivity index (χ1) is 7.24. The Balaban J connectivity index is 2.18. The minimum absolute atomic E-state index is 0.00755. The van der Waals surface area contributed by atoms with E-state index in [9.17, 15) is 4.79 Å². The van der Waals surface area contributed by atoms with Crippen molar-refractivity contribution < 1.29 is 9.53 Å². The molecule has 6 heteroatoms. The fourth-order valence-corrected chi connectivity index (χ4v) is 1.77. The molecule has 1 aliphatic rings. The number of ketones is 1. The standard InChI is InChI=1S/C9H14N4O2/c1-10-7-4-15-3-6(7)8(14)9-12-11-5-13(9)2/h5-7,10H,3-4H2,1-2H3. The lowest BCUT2D eigenvalue weighted by molar-refractivity contribution is 0.0878. The number of carbonyl (C=O) groups is 1. The summed E-state index contributed by atoms with van der Waals surface area (Å²) in [6, 6.07) is 0.0780. The van der Waals surface area contributed by atoms with Crippen LogP contribution in [0.1, 0.15) is 10.6 Å². The first kappa shape index (κ1) is 10.3. The highest BCUT2D eigenvalue weighted by Gasteiger charge is 2.35. The van der Waals surface area contributed by atoms with Gasteiger partial charge in [0.15, 0.2) is 5.82 Å². The van der Waals surface area contributed by atoms with E-state index in [-0.39, 0.29) is 17.7 Å². The molecule has 1 aromatic rings. The molecule has 15 heavy (non-hydrogen) atoms. The fraction of sp³-hybridized carbons (Fsp3) is 0.667. The lowest BCUT2D eigenvalue weighted by atomic mass is 9.98. The van der Waals surface area contributed by atoms with Crippen molar-refractivity contribution in [1.82, 2.24) is 20.1 Å². The zero-order chi connectivity index (χ0) is 10.8. The van der Waals surface area contributed by atoms with Gasteiger partial charge in [0.1, 0.15) is 6.33 Å². The highest BCUT2D eigenvalue weighted by atomic mass is 16.5. The van der Waals surface area contributed by atoms with Gasteiger partial charge in [0, 0.05) is 13.1 Å². The number of ether oxygens (including phenoxy) is 1. The summed E-state index contributed by atoms with van der Waals surface area (Å²) in [5.41, 5.74) is 0. The third kappa shape index (κ3) is 1.78. The molecule has 1 saturated heterocycles. The molecular weight excluding hydrogens is 196 g/mol. The Labute approximate surface area is 87.6 Å². The second kappa shape index (κ2) is 4.08. The maximum Gasteiger partial charge on any atom is 0.207 e. The first-order valence-corrected chi connectivity index (χ1v) is 4.87. The summed E-state index contributed by atoms with van der Waals surface area (Å²) >= 11 is 0. The van der Waals surface area contributed by atoms with E-state index in [1.54, 1.807) is 11.6 Å². The third-order valence-electron chi connectivity index (χ3n) is 2.72. The van der Waals surface area contributed by atoms with Crippen molar-refractivity contribution in [2.75, 3.05) is 20.3 Å². The van der Waals surface area contributed by atoms with Crippen molar-refractivity contribution in [1.29, 1.82) is 0 Å². The predicted octanol–water partition coefficient (Wildman–Crippen LogP) is -0.768. The van der Waals surface area contributed by atoms with E-state index in [4.69, 9.17) is 4.74 Å². The molecule has 2 atom stereocenters. The Morgan fingerprint density at radius 2 is 2.47 bits per heavy atom. The van der Waals surface area contributed by atoms with Gasteiger partial charge in [-0.2, -0.15) is 0 Å². The van der Waals surface area contributed by atoms with Crippen LogP contribution in [0.3, 0.4) is 0 Å². The van der Waals surface area contributed by atoms with Crippen LogP contribution in [0, 0.1) is 5.92 Å². The second-order valence-corrected chi connectivity index (χ2v) is 3.67. The number of likely N-dealkylation sites (N-methyl/N-ethyl adjacent to an activating group) is 1. The molecule has 0 bridgehead atoms. The second-order valence-electron chi connectivity index (χ2n) is 3.67. The zero-order valence-electron chi connectivity index (χ0n) is 8.80. The van der Waals surface area contributed by atoms with E-state index in [0.717, 1.165) is 0 Å². The molecule has 0 amide bonds. The van der Waals surface area contributed by atoms with E-state index in [0.29, 0.717) is 19.0 Å². The molecule has 0 radical (unpaired) electrons. The first-order valence-electron chi connectivity index (χ1n) is 4.87. The Hall–Kier alpha value is -1.27. The highest BCUT2D eigenvalue weighted by Crippen LogP contribution is 2.17. The SMILES string of the molecule is CNC1COCC1C(=O)c1nncn1C. The predicted molar refractivity (Wildman–Crippen MR) is 52.5 cm³/mol. The van der Waals surface area contributed by atoms with Gasteiger partial charge in [0.25, 0.3) is 0 Å². The number of hydrogen-bond acceptors (Lipinski definition) is 5. The summed E-state index contributed by atoms with van der Waals surface area (Å²) in [6.45, 7) is 1.03. The van der Waals surface area contributed by atoms with E-state index >= 15 is 0 Å². The van der Waals surface area contributed by atoms with E-state index in [2.05, 4.69) is 15.5 Å². The topological polar surface area (TPSA) is 69.0 Å². The lowest BCUT2D eigenvalue weighted by Crippen LogP contribution is -2.37. The molecule has 2 unspecified atom stereocenters. The van der Waals surface area contributed by atoms with Crippen molar-refractivity contribution in [2.24, 2.45) is 13.0 Å². The number of hydrogen-bond donors (Lipinski definition) is 1. The molecule has 0 aromatic carbocycles. The summed E-state index contributed by atoms with van der Waals surface area (Å²) in [5.74, 6) is 0.232. The van der Waals surface area contributed by atoms with Crippen LogP contribution in [0.5, 0.6) is 0 Å². The number of Topliss-reactive ketones (excluding diaryl/α,β-unsaturated/α-hetero) is 1. The molecule has 1 fully saturated rings. The molecule has 0 spiro atoms. The van der Waals surface area contributed by atoms with Crippen LogP contribution in [-0.2, 0) is 11.8 Å². The molecule has 0 aliphatic carbocycles. The maximum absolute atomic E-state index is 12.1. The molecule has 2 rings (SSSR count). The minimum atomic E-state index is -0.155. The van der Waals surface area contributed by atoms with E-state index in [1.165, 1.54) is 6.33 Å². The fourth-order valence-electron chi connectivity index (χ4n) is 1.77. The third-order valence-corrected chi connectivity index (χ3v) is 2.72. The van der Waals surface area contributed by atoms with Crippen molar-refractivity contribution >= 4 is 5.78 Å². The number of nitrogens with one attached hydrogen (secondary N) is 1. The smallest absolute Gasteiger partial charge is 0.207 e. The number of nitrogens with zero attached hydrogens (tertiary/aromatic N) is 3. The summed E-state index contributed by atoms with van der Waals surface area (Å²) in [7, 11) is 3.59. The van der Waals surface area contributed by atoms with Crippen LogP contribution in [0.15, 0.2) is 6.33 Å². The van der Waals surface area contributed by atoms with Gasteiger partial charge in [0.05, 0.1) is 19.1 Å². The highest BCUT2D eigenvalue weighted by molar-refractivity contribution is 5.95. The average Bonchev–Trinajstić information content (AvgIpc) is 2.84. The average molecular weight is 210 g/mol. The molecule has 1 N–H and O–H groups in total. The monoisotopic (exact) mass is 210 g/mol. The molecule has 0 saturated carbocycles. The van der Waals surface area contributed by atoms with Crippen LogP contribution >= 0.6 is 0 Å². The van der Waals surface area contributed by atoms with Crippen molar-refractivity contribution in [3.8, 4) is 0 Å². The van der Waals surface area contributed by atoms with Crippen LogP contribution in [0.25, 0.3) is 0 Å². The Morgan fingerprint density at radius 3 is 3.07 bits per heavy atom. The van der Waals surface area contributed by atoms with Crippen LogP contribution in [0.4, 0.5) is 0 Å². The van der Waals surface area contributed by atoms with E-state index in [1.807, 2.05) is 7.05 Å². The zero-order valence-corrected chi connectivity index (χ0v) is 8.80. The van der Waals surface area contributed by atoms with Crippen molar-refractivity contribution in [3.05, 3.63) is 12.2 Å². The molecule has 1 aliphatic heterocycles. The van der Waals surface area contributed by atoms with Crippen LogP contribution in [-0.4, -0.2) is 46.9 Å². The molecule has 82 valence electrons. The van der Waals surface area contributed by atoms with E-state index < -0.39 is 0 Å². The van der Waals surface area contributed by atoms with Crippen molar-refractivity contribution in [2.45, 2.75) is 6.04 Å². The number of aryl methyl sites for hydroxylation is 1. The van der Waals surface area contributed by atoms with Gasteiger partial charge in [-0.15, -0.1) is 10.2 Å². The van der Waals surface area contributed by atoms with Crippen molar-refractivity contribution in [3.63, 3.8) is 0 Å². The molecule has 1 aromatic heterocycles. The largest absolute Gasteiger partial charge is 0.379 e. The summed E-state index contributed by atoms with van der Waals surface area (Å²) in [5, 5.41) is 10.6. The Kier molecular flexibility index (Phi) is 2.79. The van der Waals surface area contributed by atoms with Gasteiger partial charge in [-0.3, -0.25) is 4.79 Å². The van der Waals surface area contributed by atoms with Gasteiger partial charge in [-0.1, -0.05) is 0 Å². The maximum atomic E-state index is 12.1. The lowest BCUT2D eigenvalue weighted by Gasteiger charge is -2.14. The summed E-state index contributed by atoms with van der Waals surface area (Å²) in [4.78, 5) is 12.1. The molecule has 6 nitrogen and oxygen atoms in total. The van der Waals surface area contributed by atoms with Gasteiger partial charge < -0.3 is 14.6 Å². The quantitative estimate of drug-likeness (QED) is 0.664. The van der Waals surface area contributed by atoms with Gasteiger partial charge >= 0.3 is 0 Å². The number of aromatic nitrogens is 3. The molecule has 2 heterocycles. The normalized spacial score (nSPS) is 25.7. The minimum Gasteiger partial charge on any atom is -0.379 e.